The zero-order valence-corrected chi connectivity index (χ0v) is 19.1. The normalized spacial score (nSPS) is 25.7. The van der Waals surface area contributed by atoms with E-state index < -0.39 is 0 Å². The summed E-state index contributed by atoms with van der Waals surface area (Å²) in [5.74, 6) is 0.525. The molecule has 0 N–H and O–H groups in total. The quantitative estimate of drug-likeness (QED) is 0.334. The highest BCUT2D eigenvalue weighted by Gasteiger charge is 2.56. The molecule has 6 rings (SSSR count). The van der Waals surface area contributed by atoms with Crippen molar-refractivity contribution in [1.82, 2.24) is 5.01 Å². The zero-order chi connectivity index (χ0) is 22.9. The molecule has 0 spiro atoms. The average molecular weight is 465 g/mol. The first kappa shape index (κ1) is 21.7. The molecule has 2 aromatic carbocycles. The van der Waals surface area contributed by atoms with Crippen LogP contribution < -0.4 is 9.47 Å². The number of hydrogen-bond donors (Lipinski definition) is 0. The first-order valence-corrected chi connectivity index (χ1v) is 11.7. The molecule has 1 saturated heterocycles. The molecule has 170 valence electrons. The lowest BCUT2D eigenvalue weighted by Crippen LogP contribution is -2.38. The van der Waals surface area contributed by atoms with Crippen LogP contribution in [0.25, 0.3) is 0 Å². The number of carbonyl (C=O) groups excluding carboxylic acids is 2. The Kier molecular flexibility index (Phi) is 5.94. The molecule has 4 aliphatic rings. The van der Waals surface area contributed by atoms with Crippen molar-refractivity contribution in [3.63, 3.8) is 0 Å². The van der Waals surface area contributed by atoms with Crippen molar-refractivity contribution in [3.05, 3.63) is 70.8 Å². The van der Waals surface area contributed by atoms with Gasteiger partial charge in [0, 0.05) is 10.6 Å². The van der Waals surface area contributed by atoms with Crippen LogP contribution in [-0.2, 0) is 16.2 Å². The van der Waals surface area contributed by atoms with Gasteiger partial charge in [0.2, 0.25) is 0 Å². The van der Waals surface area contributed by atoms with Crippen LogP contribution in [0.4, 0.5) is 0 Å². The summed E-state index contributed by atoms with van der Waals surface area (Å²) in [6.07, 6.45) is 7.66. The highest BCUT2D eigenvalue weighted by atomic mass is 35.5. The predicted molar refractivity (Wildman–Crippen MR) is 125 cm³/mol. The number of rotatable bonds is 7. The minimum absolute atomic E-state index is 0.149. The summed E-state index contributed by atoms with van der Waals surface area (Å²) in [4.78, 5) is 25.9. The summed E-state index contributed by atoms with van der Waals surface area (Å²) in [6, 6.07) is 12.9. The van der Waals surface area contributed by atoms with Gasteiger partial charge in [-0.2, -0.15) is 10.1 Å². The molecule has 2 bridgehead atoms. The molecule has 1 aliphatic heterocycles. The van der Waals surface area contributed by atoms with E-state index in [9.17, 15) is 9.59 Å². The second-order valence-corrected chi connectivity index (χ2v) is 9.00. The highest BCUT2D eigenvalue weighted by molar-refractivity contribution is 6.31. The zero-order valence-electron chi connectivity index (χ0n) is 18.3. The molecule has 1 saturated carbocycles. The maximum absolute atomic E-state index is 12.9. The van der Waals surface area contributed by atoms with Gasteiger partial charge in [-0.1, -0.05) is 42.0 Å². The number of benzene rings is 2. The number of fused-ring (bicyclic) bond motifs is 1. The molecule has 2 amide bonds. The fraction of sp³-hybridized carbons (Fsp3) is 0.346. The first-order valence-electron chi connectivity index (χ1n) is 11.3. The number of imide groups is 1. The standard InChI is InChI=1S/C26H25ClN2O4/c1-2-32-22-13-16(7-12-21(22)33-15-19-5-3-4-6-20(19)27)14-28-29-25(30)23-17-8-9-18(11-10-17)24(23)26(29)31/h3-9,12-14,17-18,23-24H,2,10-11,15H2,1H3/b28-14-/t17-,18-,23-,24+/m0/s1. The maximum Gasteiger partial charge on any atom is 0.254 e. The monoisotopic (exact) mass is 464 g/mol. The van der Waals surface area contributed by atoms with Crippen LogP contribution in [0.2, 0.25) is 5.02 Å². The van der Waals surface area contributed by atoms with E-state index in [4.69, 9.17) is 21.1 Å². The predicted octanol–water partition coefficient (Wildman–Crippen LogP) is 4.85. The van der Waals surface area contributed by atoms with Gasteiger partial charge in [-0.05, 0) is 61.4 Å². The number of hydrazone groups is 1. The smallest absolute Gasteiger partial charge is 0.254 e. The molecule has 0 aromatic heterocycles. The Morgan fingerprint density at radius 2 is 1.70 bits per heavy atom. The SMILES string of the molecule is CCOc1cc(/C=N\N2C(=O)[C@@H]3[C@H](C2=O)[C@H]2C=C[C@H]3CC2)ccc1OCc1ccccc1Cl. The largest absolute Gasteiger partial charge is 0.490 e. The molecule has 4 atom stereocenters. The lowest BCUT2D eigenvalue weighted by atomic mass is 9.63. The summed E-state index contributed by atoms with van der Waals surface area (Å²) in [5.41, 5.74) is 1.59. The molecule has 3 aliphatic carbocycles. The number of amides is 2. The molecule has 7 heteroatoms. The Labute approximate surface area is 197 Å². The Balaban J connectivity index is 1.32. The van der Waals surface area contributed by atoms with E-state index in [1.165, 1.54) is 6.21 Å². The van der Waals surface area contributed by atoms with Gasteiger partial charge >= 0.3 is 0 Å². The van der Waals surface area contributed by atoms with Crippen LogP contribution in [0.15, 0.2) is 59.7 Å². The van der Waals surface area contributed by atoms with E-state index >= 15 is 0 Å². The van der Waals surface area contributed by atoms with E-state index in [0.717, 1.165) is 23.4 Å². The van der Waals surface area contributed by atoms with Gasteiger partial charge in [0.05, 0.1) is 24.7 Å². The summed E-state index contributed by atoms with van der Waals surface area (Å²) in [6.45, 7) is 2.67. The van der Waals surface area contributed by atoms with E-state index in [0.29, 0.717) is 35.3 Å². The van der Waals surface area contributed by atoms with Gasteiger partial charge in [-0.25, -0.2) is 0 Å². The average Bonchev–Trinajstić information content (AvgIpc) is 3.11. The molecule has 2 aromatic rings. The summed E-state index contributed by atoms with van der Waals surface area (Å²) < 4.78 is 11.7. The van der Waals surface area contributed by atoms with Crippen molar-refractivity contribution in [1.29, 1.82) is 0 Å². The Morgan fingerprint density at radius 3 is 2.33 bits per heavy atom. The number of nitrogens with zero attached hydrogens (tertiary/aromatic N) is 2. The molecular weight excluding hydrogens is 440 g/mol. The number of allylic oxidation sites excluding steroid dienone is 2. The van der Waals surface area contributed by atoms with Crippen molar-refractivity contribution < 1.29 is 19.1 Å². The lowest BCUT2D eigenvalue weighted by Gasteiger charge is -2.37. The fourth-order valence-electron chi connectivity index (χ4n) is 5.06. The lowest BCUT2D eigenvalue weighted by molar-refractivity contribution is -0.140. The van der Waals surface area contributed by atoms with Gasteiger partial charge < -0.3 is 9.47 Å². The number of halogens is 1. The van der Waals surface area contributed by atoms with Crippen LogP contribution in [0.5, 0.6) is 11.5 Å². The van der Waals surface area contributed by atoms with Crippen molar-refractivity contribution in [3.8, 4) is 11.5 Å². The van der Waals surface area contributed by atoms with Crippen LogP contribution in [0.1, 0.15) is 30.9 Å². The van der Waals surface area contributed by atoms with Crippen LogP contribution in [-0.4, -0.2) is 29.6 Å². The maximum atomic E-state index is 12.9. The van der Waals surface area contributed by atoms with Gasteiger partial charge in [0.25, 0.3) is 11.8 Å². The summed E-state index contributed by atoms with van der Waals surface area (Å²) in [5, 5.41) is 5.99. The minimum Gasteiger partial charge on any atom is -0.490 e. The second kappa shape index (κ2) is 9.02. The molecule has 6 nitrogen and oxygen atoms in total. The third-order valence-electron chi connectivity index (χ3n) is 6.67. The van der Waals surface area contributed by atoms with Crippen LogP contribution in [0, 0.1) is 23.7 Å². The number of carbonyl (C=O) groups is 2. The molecule has 2 fully saturated rings. The summed E-state index contributed by atoms with van der Waals surface area (Å²) >= 11 is 6.22. The third-order valence-corrected chi connectivity index (χ3v) is 7.04. The summed E-state index contributed by atoms with van der Waals surface area (Å²) in [7, 11) is 0. The van der Waals surface area contributed by atoms with Crippen molar-refractivity contribution in [2.45, 2.75) is 26.4 Å². The first-order chi connectivity index (χ1) is 16.1. The van der Waals surface area contributed by atoms with E-state index in [-0.39, 0.29) is 35.5 Å². The van der Waals surface area contributed by atoms with Crippen molar-refractivity contribution >= 4 is 29.6 Å². The van der Waals surface area contributed by atoms with Crippen molar-refractivity contribution in [2.24, 2.45) is 28.8 Å². The van der Waals surface area contributed by atoms with Gasteiger partial charge in [0.1, 0.15) is 6.61 Å². The minimum atomic E-state index is -0.266. The topological polar surface area (TPSA) is 68.2 Å². The Bertz CT molecular complexity index is 1110. The Hall–Kier alpha value is -3.12. The molecule has 0 unspecified atom stereocenters. The van der Waals surface area contributed by atoms with E-state index in [1.54, 1.807) is 12.1 Å². The molecule has 0 radical (unpaired) electrons. The fourth-order valence-corrected chi connectivity index (χ4v) is 5.25. The van der Waals surface area contributed by atoms with Crippen molar-refractivity contribution in [2.75, 3.05) is 6.61 Å². The number of hydrogen-bond acceptors (Lipinski definition) is 5. The second-order valence-electron chi connectivity index (χ2n) is 8.59. The van der Waals surface area contributed by atoms with Gasteiger partial charge in [-0.3, -0.25) is 9.59 Å². The van der Waals surface area contributed by atoms with E-state index in [2.05, 4.69) is 17.3 Å². The van der Waals surface area contributed by atoms with Crippen LogP contribution >= 0.6 is 11.6 Å². The molecule has 1 heterocycles. The Morgan fingerprint density at radius 1 is 1.00 bits per heavy atom. The van der Waals surface area contributed by atoms with Crippen LogP contribution in [0.3, 0.4) is 0 Å². The molecular formula is C26H25ClN2O4. The highest BCUT2D eigenvalue weighted by Crippen LogP contribution is 2.49. The third kappa shape index (κ3) is 4.04. The van der Waals surface area contributed by atoms with Gasteiger partial charge in [0.15, 0.2) is 11.5 Å². The van der Waals surface area contributed by atoms with E-state index in [1.807, 2.05) is 37.3 Å². The van der Waals surface area contributed by atoms with Gasteiger partial charge in [-0.15, -0.1) is 0 Å². The molecule has 33 heavy (non-hydrogen) atoms. The number of ether oxygens (including phenoxy) is 2.